The van der Waals surface area contributed by atoms with Crippen LogP contribution in [0.2, 0.25) is 0 Å². The highest BCUT2D eigenvalue weighted by atomic mass is 35.5. The summed E-state index contributed by atoms with van der Waals surface area (Å²) in [6.45, 7) is 3.58. The average molecular weight is 456 g/mol. The third-order valence-corrected chi connectivity index (χ3v) is 5.65. The zero-order chi connectivity index (χ0) is 18.4. The van der Waals surface area contributed by atoms with E-state index in [4.69, 9.17) is 4.74 Å². The van der Waals surface area contributed by atoms with Crippen LogP contribution in [0.1, 0.15) is 35.5 Å². The van der Waals surface area contributed by atoms with E-state index in [0.29, 0.717) is 5.01 Å². The second-order valence-corrected chi connectivity index (χ2v) is 7.42. The molecule has 160 valence electrons. The maximum absolute atomic E-state index is 12.4. The molecule has 0 radical (unpaired) electrons. The van der Waals surface area contributed by atoms with Gasteiger partial charge in [-0.2, -0.15) is 0 Å². The summed E-state index contributed by atoms with van der Waals surface area (Å²) >= 11 is 1.34. The fourth-order valence-corrected chi connectivity index (χ4v) is 3.96. The number of amides is 1. The van der Waals surface area contributed by atoms with Gasteiger partial charge in [-0.3, -0.25) is 4.79 Å². The van der Waals surface area contributed by atoms with Gasteiger partial charge in [-0.15, -0.1) is 35.0 Å². The smallest absolute Gasteiger partial charge is 0.331 e. The molecule has 0 spiro atoms. The zero-order valence-corrected chi connectivity index (χ0v) is 18.2. The summed E-state index contributed by atoms with van der Waals surface area (Å²) in [6, 6.07) is 0.104. The van der Waals surface area contributed by atoms with Crippen molar-refractivity contribution in [3.8, 4) is 0 Å². The average Bonchev–Trinajstić information content (AvgIpc) is 3.18. The lowest BCUT2D eigenvalue weighted by atomic mass is 9.93. The van der Waals surface area contributed by atoms with Crippen LogP contribution in [0.15, 0.2) is 0 Å². The van der Waals surface area contributed by atoms with Crippen molar-refractivity contribution >= 4 is 53.2 Å². The molecule has 1 saturated heterocycles. The number of halogens is 2. The molecular weight excluding hydrogens is 429 g/mol. The van der Waals surface area contributed by atoms with E-state index >= 15 is 0 Å². The van der Waals surface area contributed by atoms with Gasteiger partial charge in [-0.25, -0.2) is 4.79 Å². The van der Waals surface area contributed by atoms with Crippen molar-refractivity contribution in [2.24, 2.45) is 0 Å². The van der Waals surface area contributed by atoms with E-state index in [1.807, 2.05) is 0 Å². The van der Waals surface area contributed by atoms with Crippen LogP contribution in [0.25, 0.3) is 0 Å². The molecule has 0 unspecified atom stereocenters. The van der Waals surface area contributed by atoms with Gasteiger partial charge in [0, 0.05) is 32.2 Å². The Hall–Kier alpha value is -1.20. The molecule has 1 amide bonds. The first kappa shape index (κ1) is 24.8. The Morgan fingerprint density at radius 3 is 2.50 bits per heavy atom. The molecule has 2 heterocycles. The molecular formula is C16H27Cl2N5O4S. The fourth-order valence-electron chi connectivity index (χ4n) is 3.16. The van der Waals surface area contributed by atoms with Gasteiger partial charge < -0.3 is 25.0 Å². The van der Waals surface area contributed by atoms with Crippen LogP contribution in [-0.2, 0) is 14.3 Å². The van der Waals surface area contributed by atoms with Crippen molar-refractivity contribution in [2.75, 3.05) is 44.8 Å². The van der Waals surface area contributed by atoms with E-state index in [2.05, 4.69) is 30.5 Å². The fraction of sp³-hybridized carbons (Fsp3) is 0.750. The Morgan fingerprint density at radius 2 is 1.86 bits per heavy atom. The van der Waals surface area contributed by atoms with E-state index in [1.54, 1.807) is 0 Å². The third kappa shape index (κ3) is 7.00. The van der Waals surface area contributed by atoms with Crippen molar-refractivity contribution in [3.63, 3.8) is 0 Å². The molecule has 0 atom stereocenters. The van der Waals surface area contributed by atoms with E-state index < -0.39 is 0 Å². The Balaban J connectivity index is 0.00000196. The minimum Gasteiger partial charge on any atom is -0.467 e. The molecule has 2 aliphatic rings. The summed E-state index contributed by atoms with van der Waals surface area (Å²) in [5, 5.41) is 15.7. The summed E-state index contributed by atoms with van der Waals surface area (Å²) in [6.07, 6.45) is 3.30. The first-order chi connectivity index (χ1) is 12.7. The number of aromatic nitrogens is 2. The van der Waals surface area contributed by atoms with Crippen LogP contribution in [0.5, 0.6) is 0 Å². The number of nitrogens with one attached hydrogen (secondary N) is 2. The number of esters is 1. The van der Waals surface area contributed by atoms with Crippen molar-refractivity contribution < 1.29 is 19.1 Å². The summed E-state index contributed by atoms with van der Waals surface area (Å²) in [7, 11) is 1.35. The second-order valence-electron chi connectivity index (χ2n) is 6.46. The highest BCUT2D eigenvalue weighted by molar-refractivity contribution is 7.17. The number of methoxy groups -OCH3 is 1. The van der Waals surface area contributed by atoms with Crippen LogP contribution >= 0.6 is 36.2 Å². The number of piperazine rings is 1. The highest BCUT2D eigenvalue weighted by Crippen LogP contribution is 2.23. The predicted octanol–water partition coefficient (Wildman–Crippen LogP) is 1.02. The molecule has 3 rings (SSSR count). The molecule has 28 heavy (non-hydrogen) atoms. The first-order valence-corrected chi connectivity index (χ1v) is 9.76. The number of carbonyl (C=O) groups excluding carboxylic acids is 2. The van der Waals surface area contributed by atoms with Crippen molar-refractivity contribution in [1.82, 2.24) is 20.8 Å². The molecule has 2 fully saturated rings. The van der Waals surface area contributed by atoms with Crippen molar-refractivity contribution in [2.45, 2.75) is 37.8 Å². The lowest BCUT2D eigenvalue weighted by molar-refractivity contribution is -0.148. The van der Waals surface area contributed by atoms with Gasteiger partial charge in [-0.1, -0.05) is 11.3 Å². The standard InChI is InChI=1S/C16H25N5O4S.2ClH/c1-24-13(22)10-25-12-4-2-11(3-5-12)18-14(23)15-19-20-16(26-15)21-8-6-17-7-9-21;;/h11-12,17H,2-10H2,1H3,(H,18,23);2*1H. The molecule has 12 heteroatoms. The normalized spacial score (nSPS) is 21.8. The minimum absolute atomic E-state index is 0. The Labute approximate surface area is 180 Å². The molecule has 1 saturated carbocycles. The highest BCUT2D eigenvalue weighted by Gasteiger charge is 2.25. The lowest BCUT2D eigenvalue weighted by Crippen LogP contribution is -2.43. The summed E-state index contributed by atoms with van der Waals surface area (Å²) in [5.74, 6) is -0.528. The van der Waals surface area contributed by atoms with Gasteiger partial charge in [0.2, 0.25) is 10.1 Å². The van der Waals surface area contributed by atoms with Gasteiger partial charge in [-0.05, 0) is 25.7 Å². The number of hydrogen-bond donors (Lipinski definition) is 2. The molecule has 2 N–H and O–H groups in total. The SMILES string of the molecule is COC(=O)COC1CCC(NC(=O)c2nnc(N3CCNCC3)s2)CC1.Cl.Cl. The molecule has 9 nitrogen and oxygen atoms in total. The van der Waals surface area contributed by atoms with Crippen LogP contribution < -0.4 is 15.5 Å². The molecule has 0 bridgehead atoms. The van der Waals surface area contributed by atoms with E-state index in [-0.39, 0.29) is 55.4 Å². The quantitative estimate of drug-likeness (QED) is 0.612. The number of rotatable bonds is 6. The number of hydrogen-bond acceptors (Lipinski definition) is 9. The zero-order valence-electron chi connectivity index (χ0n) is 15.7. The van der Waals surface area contributed by atoms with Crippen LogP contribution in [0.4, 0.5) is 5.13 Å². The number of anilines is 1. The van der Waals surface area contributed by atoms with Gasteiger partial charge in [0.25, 0.3) is 5.91 Å². The van der Waals surface area contributed by atoms with E-state index in [0.717, 1.165) is 57.0 Å². The topological polar surface area (TPSA) is 106 Å². The summed E-state index contributed by atoms with van der Waals surface area (Å²) < 4.78 is 10.1. The van der Waals surface area contributed by atoms with Gasteiger partial charge >= 0.3 is 5.97 Å². The largest absolute Gasteiger partial charge is 0.467 e. The molecule has 1 aromatic heterocycles. The minimum atomic E-state index is -0.364. The van der Waals surface area contributed by atoms with E-state index in [1.165, 1.54) is 18.4 Å². The summed E-state index contributed by atoms with van der Waals surface area (Å²) in [5.41, 5.74) is 0. The Bertz CT molecular complexity index is 622. The number of carbonyl (C=O) groups is 2. The third-order valence-electron chi connectivity index (χ3n) is 4.67. The molecule has 1 aliphatic heterocycles. The van der Waals surface area contributed by atoms with Crippen LogP contribution in [0.3, 0.4) is 0 Å². The van der Waals surface area contributed by atoms with E-state index in [9.17, 15) is 9.59 Å². The number of ether oxygens (including phenoxy) is 2. The lowest BCUT2D eigenvalue weighted by Gasteiger charge is -2.28. The van der Waals surface area contributed by atoms with Crippen molar-refractivity contribution in [1.29, 1.82) is 0 Å². The summed E-state index contributed by atoms with van der Waals surface area (Å²) in [4.78, 5) is 25.7. The molecule has 1 aliphatic carbocycles. The maximum atomic E-state index is 12.4. The predicted molar refractivity (Wildman–Crippen MR) is 111 cm³/mol. The van der Waals surface area contributed by atoms with Crippen LogP contribution in [-0.4, -0.2) is 74.1 Å². The van der Waals surface area contributed by atoms with Gasteiger partial charge in [0.15, 0.2) is 0 Å². The number of nitrogens with zero attached hydrogens (tertiary/aromatic N) is 3. The molecule has 0 aromatic carbocycles. The van der Waals surface area contributed by atoms with Gasteiger partial charge in [0.1, 0.15) is 6.61 Å². The van der Waals surface area contributed by atoms with Gasteiger partial charge in [0.05, 0.1) is 13.2 Å². The Morgan fingerprint density at radius 1 is 1.18 bits per heavy atom. The van der Waals surface area contributed by atoms with Crippen molar-refractivity contribution in [3.05, 3.63) is 5.01 Å². The van der Waals surface area contributed by atoms with Crippen LogP contribution in [0, 0.1) is 0 Å². The first-order valence-electron chi connectivity index (χ1n) is 8.94. The monoisotopic (exact) mass is 455 g/mol. The second kappa shape index (κ2) is 12.4. The molecule has 1 aromatic rings. The maximum Gasteiger partial charge on any atom is 0.331 e. The Kier molecular flexibility index (Phi) is 11.0.